The molecule has 1 aromatic heterocycles. The number of hydrogen-bond donors (Lipinski definition) is 1. The van der Waals surface area contributed by atoms with E-state index < -0.39 is 0 Å². The van der Waals surface area contributed by atoms with Gasteiger partial charge in [0.1, 0.15) is 5.82 Å². The van der Waals surface area contributed by atoms with Gasteiger partial charge < -0.3 is 5.73 Å². The highest BCUT2D eigenvalue weighted by atomic mass is 15.3. The Morgan fingerprint density at radius 1 is 1.54 bits per heavy atom. The third kappa shape index (κ3) is 1.31. The Morgan fingerprint density at radius 2 is 2.31 bits per heavy atom. The highest BCUT2D eigenvalue weighted by Crippen LogP contribution is 2.22. The molecule has 13 heavy (non-hydrogen) atoms. The van der Waals surface area contributed by atoms with Gasteiger partial charge in [0.05, 0.1) is 5.69 Å². The average Bonchev–Trinajstić information content (AvgIpc) is 2.42. The van der Waals surface area contributed by atoms with E-state index >= 15 is 0 Å². The molecule has 2 rings (SSSR count). The topological polar surface area (TPSA) is 47.1 Å². The van der Waals surface area contributed by atoms with Crippen LogP contribution in [0, 0.1) is 0 Å². The predicted octanol–water partition coefficient (Wildman–Crippen LogP) is 0.380. The molecular weight excluding hydrogens is 164 g/mol. The van der Waals surface area contributed by atoms with Crippen molar-refractivity contribution in [3.8, 4) is 0 Å². The number of nitrogens with two attached hydrogens (primary N) is 1. The maximum Gasteiger partial charge on any atom is 0.124 e. The molecule has 0 unspecified atom stereocenters. The van der Waals surface area contributed by atoms with Gasteiger partial charge in [-0.05, 0) is 13.0 Å². The summed E-state index contributed by atoms with van der Waals surface area (Å²) in [6, 6.07) is 0. The van der Waals surface area contributed by atoms with Gasteiger partial charge in [0.25, 0.3) is 0 Å². The van der Waals surface area contributed by atoms with Gasteiger partial charge in [-0.1, -0.05) is 6.92 Å². The third-order valence-corrected chi connectivity index (χ3v) is 2.78. The van der Waals surface area contributed by atoms with E-state index in [0.717, 1.165) is 37.6 Å². The molecule has 0 radical (unpaired) electrons. The van der Waals surface area contributed by atoms with Gasteiger partial charge in [0, 0.05) is 25.7 Å². The number of aryl methyl sites for hydroxylation is 1. The van der Waals surface area contributed by atoms with E-state index in [2.05, 4.69) is 16.9 Å². The smallest absolute Gasteiger partial charge is 0.124 e. The zero-order chi connectivity index (χ0) is 9.42. The zero-order valence-corrected chi connectivity index (χ0v) is 8.25. The largest absolute Gasteiger partial charge is 0.384 e. The first kappa shape index (κ1) is 8.56. The minimum atomic E-state index is 0.839. The summed E-state index contributed by atoms with van der Waals surface area (Å²) in [6.07, 6.45) is 1.04. The number of aromatic nitrogens is 2. The fraction of sp³-hybridized carbons (Fsp3) is 0.667. The van der Waals surface area contributed by atoms with Crippen LogP contribution in [0.2, 0.25) is 0 Å². The first-order valence-electron chi connectivity index (χ1n) is 4.75. The molecule has 1 aromatic rings. The van der Waals surface area contributed by atoms with Gasteiger partial charge in [-0.2, -0.15) is 5.10 Å². The van der Waals surface area contributed by atoms with Crippen LogP contribution in [-0.4, -0.2) is 27.8 Å². The minimum Gasteiger partial charge on any atom is -0.384 e. The van der Waals surface area contributed by atoms with Crippen LogP contribution in [-0.2, 0) is 20.0 Å². The van der Waals surface area contributed by atoms with Crippen LogP contribution < -0.4 is 5.73 Å². The fourth-order valence-electron chi connectivity index (χ4n) is 1.87. The number of fused-ring (bicyclic) bond motifs is 1. The summed E-state index contributed by atoms with van der Waals surface area (Å²) in [5.74, 6) is 0.839. The number of rotatable bonds is 1. The Morgan fingerprint density at radius 3 is 3.00 bits per heavy atom. The molecule has 72 valence electrons. The molecule has 0 aromatic carbocycles. The molecule has 1 aliphatic rings. The lowest BCUT2D eigenvalue weighted by Gasteiger charge is -2.24. The fourth-order valence-corrected chi connectivity index (χ4v) is 1.87. The van der Waals surface area contributed by atoms with Crippen LogP contribution in [0.1, 0.15) is 18.2 Å². The highest BCUT2D eigenvalue weighted by molar-refractivity contribution is 5.44. The van der Waals surface area contributed by atoms with Crippen LogP contribution in [0.25, 0.3) is 0 Å². The van der Waals surface area contributed by atoms with Crippen molar-refractivity contribution in [2.75, 3.05) is 18.8 Å². The summed E-state index contributed by atoms with van der Waals surface area (Å²) in [5.41, 5.74) is 8.31. The van der Waals surface area contributed by atoms with Crippen molar-refractivity contribution in [3.05, 3.63) is 11.3 Å². The van der Waals surface area contributed by atoms with E-state index in [4.69, 9.17) is 5.73 Å². The van der Waals surface area contributed by atoms with Crippen molar-refractivity contribution in [2.45, 2.75) is 19.9 Å². The summed E-state index contributed by atoms with van der Waals surface area (Å²) in [7, 11) is 1.91. The summed E-state index contributed by atoms with van der Waals surface area (Å²) in [5, 5.41) is 4.40. The Labute approximate surface area is 78.3 Å². The second kappa shape index (κ2) is 3.03. The summed E-state index contributed by atoms with van der Waals surface area (Å²) >= 11 is 0. The summed E-state index contributed by atoms with van der Waals surface area (Å²) < 4.78 is 1.78. The van der Waals surface area contributed by atoms with Crippen LogP contribution in [0.3, 0.4) is 0 Å². The average molecular weight is 180 g/mol. The molecule has 0 aliphatic carbocycles. The normalized spacial score (nSPS) is 17.4. The van der Waals surface area contributed by atoms with Crippen molar-refractivity contribution >= 4 is 5.82 Å². The minimum absolute atomic E-state index is 0.839. The standard InChI is InChI=1S/C9H16N4/c1-3-13-5-4-7-8(6-13)11-12(2)9(7)10/h3-6,10H2,1-2H3. The molecule has 0 saturated heterocycles. The van der Waals surface area contributed by atoms with E-state index in [0.29, 0.717) is 0 Å². The van der Waals surface area contributed by atoms with Crippen molar-refractivity contribution in [2.24, 2.45) is 7.05 Å². The van der Waals surface area contributed by atoms with Crippen molar-refractivity contribution in [3.63, 3.8) is 0 Å². The number of likely N-dealkylation sites (N-methyl/N-ethyl adjacent to an activating group) is 1. The lowest BCUT2D eigenvalue weighted by molar-refractivity contribution is 0.264. The second-order valence-electron chi connectivity index (χ2n) is 3.55. The van der Waals surface area contributed by atoms with E-state index in [1.807, 2.05) is 7.05 Å². The molecule has 1 aliphatic heterocycles. The molecule has 4 heteroatoms. The van der Waals surface area contributed by atoms with Gasteiger partial charge >= 0.3 is 0 Å². The molecule has 2 heterocycles. The van der Waals surface area contributed by atoms with Crippen LogP contribution in [0.5, 0.6) is 0 Å². The molecule has 0 atom stereocenters. The van der Waals surface area contributed by atoms with Gasteiger partial charge in [0.2, 0.25) is 0 Å². The number of nitrogens with zero attached hydrogens (tertiary/aromatic N) is 3. The lowest BCUT2D eigenvalue weighted by atomic mass is 10.1. The number of hydrogen-bond acceptors (Lipinski definition) is 3. The Bertz CT molecular complexity index is 316. The number of anilines is 1. The first-order chi connectivity index (χ1) is 6.22. The highest BCUT2D eigenvalue weighted by Gasteiger charge is 2.20. The zero-order valence-electron chi connectivity index (χ0n) is 8.25. The third-order valence-electron chi connectivity index (χ3n) is 2.78. The molecule has 2 N–H and O–H groups in total. The predicted molar refractivity (Wildman–Crippen MR) is 52.3 cm³/mol. The lowest BCUT2D eigenvalue weighted by Crippen LogP contribution is -2.30. The SMILES string of the molecule is CCN1CCc2c(nn(C)c2N)C1. The Hall–Kier alpha value is -1.03. The molecule has 4 nitrogen and oxygen atoms in total. The van der Waals surface area contributed by atoms with E-state index in [1.165, 1.54) is 5.56 Å². The molecule has 0 saturated carbocycles. The Balaban J connectivity index is 2.31. The van der Waals surface area contributed by atoms with E-state index in [-0.39, 0.29) is 0 Å². The Kier molecular flexibility index (Phi) is 2.00. The quantitative estimate of drug-likeness (QED) is 0.679. The maximum absolute atomic E-state index is 5.89. The maximum atomic E-state index is 5.89. The van der Waals surface area contributed by atoms with Crippen LogP contribution >= 0.6 is 0 Å². The van der Waals surface area contributed by atoms with Gasteiger partial charge in [-0.3, -0.25) is 9.58 Å². The van der Waals surface area contributed by atoms with E-state index in [1.54, 1.807) is 4.68 Å². The van der Waals surface area contributed by atoms with Crippen LogP contribution in [0.15, 0.2) is 0 Å². The van der Waals surface area contributed by atoms with E-state index in [9.17, 15) is 0 Å². The molecule has 0 bridgehead atoms. The van der Waals surface area contributed by atoms with Gasteiger partial charge in [0.15, 0.2) is 0 Å². The van der Waals surface area contributed by atoms with Crippen molar-refractivity contribution in [1.29, 1.82) is 0 Å². The van der Waals surface area contributed by atoms with Crippen LogP contribution in [0.4, 0.5) is 5.82 Å². The first-order valence-corrected chi connectivity index (χ1v) is 4.75. The molecular formula is C9H16N4. The van der Waals surface area contributed by atoms with Crippen molar-refractivity contribution in [1.82, 2.24) is 14.7 Å². The summed E-state index contributed by atoms with van der Waals surface area (Å²) in [6.45, 7) is 5.34. The second-order valence-corrected chi connectivity index (χ2v) is 3.55. The monoisotopic (exact) mass is 180 g/mol. The molecule has 0 fully saturated rings. The molecule has 0 spiro atoms. The summed E-state index contributed by atoms with van der Waals surface area (Å²) in [4.78, 5) is 2.38. The molecule has 0 amide bonds. The van der Waals surface area contributed by atoms with Gasteiger partial charge in [-0.25, -0.2) is 0 Å². The van der Waals surface area contributed by atoms with Crippen molar-refractivity contribution < 1.29 is 0 Å². The number of nitrogen functional groups attached to an aromatic ring is 1. The van der Waals surface area contributed by atoms with Gasteiger partial charge in [-0.15, -0.1) is 0 Å².